The highest BCUT2D eigenvalue weighted by molar-refractivity contribution is 9.10. The molecule has 150 valence electrons. The molecule has 0 radical (unpaired) electrons. The van der Waals surface area contributed by atoms with Gasteiger partial charge in [-0.2, -0.15) is 5.26 Å². The number of anilines is 1. The Hall–Kier alpha value is -3.56. The van der Waals surface area contributed by atoms with Crippen LogP contribution in [0.5, 0.6) is 11.5 Å². The number of hydrogen-bond donors (Lipinski definition) is 1. The van der Waals surface area contributed by atoms with Gasteiger partial charge >= 0.3 is 0 Å². The zero-order chi connectivity index (χ0) is 21.3. The van der Waals surface area contributed by atoms with Crippen molar-refractivity contribution in [3.63, 3.8) is 0 Å². The Morgan fingerprint density at radius 1 is 1.03 bits per heavy atom. The molecular formula is C24H19BrN2O3. The molecule has 3 rings (SSSR count). The van der Waals surface area contributed by atoms with Gasteiger partial charge in [0.15, 0.2) is 0 Å². The molecule has 3 aromatic rings. The van der Waals surface area contributed by atoms with Gasteiger partial charge in [0.2, 0.25) is 0 Å². The first-order chi connectivity index (χ1) is 14.6. The van der Waals surface area contributed by atoms with E-state index in [-0.39, 0.29) is 5.57 Å². The molecule has 0 aromatic heterocycles. The number of amides is 1. The minimum absolute atomic E-state index is 0.00713. The number of ether oxygens (including phenoxy) is 2. The highest BCUT2D eigenvalue weighted by Gasteiger charge is 2.10. The van der Waals surface area contributed by atoms with Crippen LogP contribution in [-0.4, -0.2) is 13.0 Å². The summed E-state index contributed by atoms with van der Waals surface area (Å²) >= 11 is 3.50. The van der Waals surface area contributed by atoms with Gasteiger partial charge in [-0.05, 0) is 54.1 Å². The molecule has 1 N–H and O–H groups in total. The Kier molecular flexibility index (Phi) is 7.25. The maximum Gasteiger partial charge on any atom is 0.266 e. The molecule has 0 fully saturated rings. The number of nitrogens with zero attached hydrogens (tertiary/aromatic N) is 1. The molecule has 5 nitrogen and oxygen atoms in total. The summed E-state index contributed by atoms with van der Waals surface area (Å²) in [7, 11) is 1.57. The molecule has 1 amide bonds. The van der Waals surface area contributed by atoms with E-state index in [1.807, 2.05) is 30.3 Å². The van der Waals surface area contributed by atoms with Crippen LogP contribution in [0.4, 0.5) is 5.69 Å². The molecule has 3 aromatic carbocycles. The first-order valence-electron chi connectivity index (χ1n) is 9.12. The summed E-state index contributed by atoms with van der Waals surface area (Å²) in [6, 6.07) is 23.9. The lowest BCUT2D eigenvalue weighted by atomic mass is 10.1. The number of carbonyl (C=O) groups is 1. The summed E-state index contributed by atoms with van der Waals surface area (Å²) in [6.07, 6.45) is 1.54. The van der Waals surface area contributed by atoms with Crippen molar-refractivity contribution in [1.82, 2.24) is 0 Å². The highest BCUT2D eigenvalue weighted by Crippen LogP contribution is 2.21. The molecule has 0 unspecified atom stereocenters. The Balaban J connectivity index is 1.64. The predicted octanol–water partition coefficient (Wildman–Crippen LogP) is 5.58. The zero-order valence-corrected chi connectivity index (χ0v) is 17.8. The molecule has 30 heavy (non-hydrogen) atoms. The van der Waals surface area contributed by atoms with Crippen molar-refractivity contribution in [3.05, 3.63) is 94.0 Å². The summed E-state index contributed by atoms with van der Waals surface area (Å²) < 4.78 is 11.9. The Morgan fingerprint density at radius 2 is 1.70 bits per heavy atom. The number of methoxy groups -OCH3 is 1. The van der Waals surface area contributed by atoms with E-state index in [0.717, 1.165) is 15.6 Å². The molecule has 0 atom stereocenters. The van der Waals surface area contributed by atoms with Crippen LogP contribution in [0.2, 0.25) is 0 Å². The number of halogens is 1. The van der Waals surface area contributed by atoms with E-state index < -0.39 is 5.91 Å². The lowest BCUT2D eigenvalue weighted by Gasteiger charge is -2.08. The molecule has 0 aliphatic carbocycles. The number of carbonyl (C=O) groups excluding carboxylic acids is 1. The van der Waals surface area contributed by atoms with Gasteiger partial charge in [0.25, 0.3) is 5.91 Å². The molecule has 0 heterocycles. The Labute approximate surface area is 183 Å². The quantitative estimate of drug-likeness (QED) is 0.367. The van der Waals surface area contributed by atoms with Crippen LogP contribution in [0.3, 0.4) is 0 Å². The normalized spacial score (nSPS) is 10.8. The highest BCUT2D eigenvalue weighted by atomic mass is 79.9. The predicted molar refractivity (Wildman–Crippen MR) is 120 cm³/mol. The van der Waals surface area contributed by atoms with Crippen molar-refractivity contribution in [1.29, 1.82) is 5.26 Å². The first kappa shape index (κ1) is 21.2. The van der Waals surface area contributed by atoms with Gasteiger partial charge in [0.1, 0.15) is 29.7 Å². The van der Waals surface area contributed by atoms with Crippen LogP contribution in [-0.2, 0) is 11.4 Å². The van der Waals surface area contributed by atoms with Crippen LogP contribution in [0.1, 0.15) is 11.1 Å². The van der Waals surface area contributed by atoms with Crippen molar-refractivity contribution in [2.75, 3.05) is 12.4 Å². The summed E-state index contributed by atoms with van der Waals surface area (Å²) in [5, 5.41) is 12.1. The second-order valence-corrected chi connectivity index (χ2v) is 7.16. The van der Waals surface area contributed by atoms with Gasteiger partial charge in [-0.3, -0.25) is 4.79 Å². The third kappa shape index (κ3) is 5.72. The Bertz CT molecular complexity index is 1080. The van der Waals surface area contributed by atoms with E-state index in [2.05, 4.69) is 21.2 Å². The van der Waals surface area contributed by atoms with E-state index in [9.17, 15) is 10.1 Å². The fourth-order valence-electron chi connectivity index (χ4n) is 2.62. The van der Waals surface area contributed by atoms with Crippen molar-refractivity contribution in [3.8, 4) is 17.6 Å². The zero-order valence-electron chi connectivity index (χ0n) is 16.3. The van der Waals surface area contributed by atoms with Gasteiger partial charge in [0.05, 0.1) is 7.11 Å². The number of rotatable bonds is 7. The monoisotopic (exact) mass is 462 g/mol. The van der Waals surface area contributed by atoms with E-state index in [0.29, 0.717) is 23.8 Å². The van der Waals surface area contributed by atoms with Gasteiger partial charge in [-0.25, -0.2) is 0 Å². The first-order valence-corrected chi connectivity index (χ1v) is 9.92. The molecule has 0 aliphatic heterocycles. The van der Waals surface area contributed by atoms with Crippen molar-refractivity contribution in [2.24, 2.45) is 0 Å². The van der Waals surface area contributed by atoms with Gasteiger partial charge in [0, 0.05) is 15.7 Å². The Morgan fingerprint density at radius 3 is 2.33 bits per heavy atom. The maximum atomic E-state index is 12.4. The third-order valence-electron chi connectivity index (χ3n) is 4.26. The molecule has 0 spiro atoms. The van der Waals surface area contributed by atoms with Gasteiger partial charge in [-0.15, -0.1) is 0 Å². The fourth-order valence-corrected chi connectivity index (χ4v) is 3.02. The summed E-state index contributed by atoms with van der Waals surface area (Å²) in [5.41, 5.74) is 2.36. The second-order valence-electron chi connectivity index (χ2n) is 6.30. The number of nitrogens with one attached hydrogen (secondary N) is 1. The molecule has 0 aliphatic rings. The molecule has 0 bridgehead atoms. The number of hydrogen-bond acceptors (Lipinski definition) is 4. The third-order valence-corrected chi connectivity index (χ3v) is 5.03. The SMILES string of the molecule is COc1ccc(NC(=O)/C(C#N)=C/c2ccc(OCc3ccccc3Br)cc2)cc1. The molecule has 0 saturated carbocycles. The maximum absolute atomic E-state index is 12.4. The average Bonchev–Trinajstić information content (AvgIpc) is 2.78. The van der Waals surface area contributed by atoms with Gasteiger partial charge in [-0.1, -0.05) is 46.3 Å². The van der Waals surface area contributed by atoms with Gasteiger partial charge < -0.3 is 14.8 Å². The second kappa shape index (κ2) is 10.3. The lowest BCUT2D eigenvalue weighted by Crippen LogP contribution is -2.13. The van der Waals surface area contributed by atoms with E-state index in [1.54, 1.807) is 55.6 Å². The summed E-state index contributed by atoms with van der Waals surface area (Å²) in [4.78, 5) is 12.4. The van der Waals surface area contributed by atoms with Crippen LogP contribution in [0, 0.1) is 11.3 Å². The smallest absolute Gasteiger partial charge is 0.266 e. The van der Waals surface area contributed by atoms with Crippen molar-refractivity contribution < 1.29 is 14.3 Å². The van der Waals surface area contributed by atoms with Crippen LogP contribution in [0.15, 0.2) is 82.8 Å². The van der Waals surface area contributed by atoms with E-state index in [1.165, 1.54) is 6.08 Å². The number of nitriles is 1. The minimum atomic E-state index is -0.475. The summed E-state index contributed by atoms with van der Waals surface area (Å²) in [6.45, 7) is 0.435. The average molecular weight is 463 g/mol. The molecular weight excluding hydrogens is 444 g/mol. The van der Waals surface area contributed by atoms with E-state index in [4.69, 9.17) is 9.47 Å². The van der Waals surface area contributed by atoms with Crippen molar-refractivity contribution >= 4 is 33.6 Å². The molecule has 6 heteroatoms. The topological polar surface area (TPSA) is 71.3 Å². The van der Waals surface area contributed by atoms with Crippen LogP contribution >= 0.6 is 15.9 Å². The largest absolute Gasteiger partial charge is 0.497 e. The molecule has 0 saturated heterocycles. The van der Waals surface area contributed by atoms with E-state index >= 15 is 0 Å². The number of benzene rings is 3. The standard InChI is InChI=1S/C24H19BrN2O3/c1-29-21-12-8-20(9-13-21)27-24(28)19(15-26)14-17-6-10-22(11-7-17)30-16-18-4-2-3-5-23(18)25/h2-14H,16H2,1H3,(H,27,28)/b19-14+. The fraction of sp³-hybridized carbons (Fsp3) is 0.0833. The lowest BCUT2D eigenvalue weighted by molar-refractivity contribution is -0.112. The minimum Gasteiger partial charge on any atom is -0.497 e. The van der Waals surface area contributed by atoms with Crippen molar-refractivity contribution in [2.45, 2.75) is 6.61 Å². The van der Waals surface area contributed by atoms with Crippen LogP contribution in [0.25, 0.3) is 6.08 Å². The van der Waals surface area contributed by atoms with Crippen LogP contribution < -0.4 is 14.8 Å². The summed E-state index contributed by atoms with van der Waals surface area (Å²) in [5.74, 6) is 0.909.